The first kappa shape index (κ1) is 10.1. The number of aryl methyl sites for hydroxylation is 1. The van der Waals surface area contributed by atoms with Gasteiger partial charge >= 0.3 is 5.69 Å². The number of para-hydroxylation sites is 1. The molecule has 1 rings (SSSR count). The van der Waals surface area contributed by atoms with Crippen LogP contribution in [-0.4, -0.2) is 11.5 Å². The number of nitro benzene ring substituents is 1. The summed E-state index contributed by atoms with van der Waals surface area (Å²) >= 11 is 0. The van der Waals surface area contributed by atoms with Crippen LogP contribution in [0.5, 0.6) is 5.75 Å². The molecule has 0 radical (unpaired) electrons. The van der Waals surface area contributed by atoms with Crippen molar-refractivity contribution in [2.75, 3.05) is 6.61 Å². The Bertz CT molecular complexity index is 393. The average molecular weight is 191 g/mol. The highest BCUT2D eigenvalue weighted by Gasteiger charge is 2.16. The monoisotopic (exact) mass is 191 g/mol. The highest BCUT2D eigenvalue weighted by molar-refractivity contribution is 5.51. The van der Waals surface area contributed by atoms with E-state index >= 15 is 0 Å². The molecule has 0 heterocycles. The molecule has 0 saturated carbocycles. The van der Waals surface area contributed by atoms with Gasteiger partial charge in [0.2, 0.25) is 5.75 Å². The van der Waals surface area contributed by atoms with Crippen LogP contribution >= 0.6 is 0 Å². The second kappa shape index (κ2) is 4.28. The van der Waals surface area contributed by atoms with Crippen molar-refractivity contribution in [3.8, 4) is 18.1 Å². The van der Waals surface area contributed by atoms with Gasteiger partial charge in [-0.2, -0.15) is 0 Å². The Balaban J connectivity index is 3.10. The van der Waals surface area contributed by atoms with Crippen LogP contribution in [0.15, 0.2) is 18.2 Å². The van der Waals surface area contributed by atoms with Gasteiger partial charge in [-0.3, -0.25) is 10.1 Å². The van der Waals surface area contributed by atoms with Crippen molar-refractivity contribution in [1.82, 2.24) is 0 Å². The number of hydrogen-bond donors (Lipinski definition) is 0. The standard InChI is InChI=1S/C10H9NO3/c1-3-7-14-10-8(2)5-4-6-9(10)11(12)13/h1,4-6H,7H2,2H3. The minimum absolute atomic E-state index is 0.0334. The van der Waals surface area contributed by atoms with E-state index in [9.17, 15) is 10.1 Å². The number of nitrogens with zero attached hydrogens (tertiary/aromatic N) is 1. The van der Waals surface area contributed by atoms with Crippen LogP contribution in [-0.2, 0) is 0 Å². The van der Waals surface area contributed by atoms with E-state index < -0.39 is 4.92 Å². The first-order valence-corrected chi connectivity index (χ1v) is 3.97. The van der Waals surface area contributed by atoms with Gasteiger partial charge in [0.1, 0.15) is 6.61 Å². The zero-order valence-electron chi connectivity index (χ0n) is 7.69. The Morgan fingerprint density at radius 3 is 2.93 bits per heavy atom. The van der Waals surface area contributed by atoms with Gasteiger partial charge in [0.05, 0.1) is 4.92 Å². The van der Waals surface area contributed by atoms with Crippen molar-refractivity contribution in [3.05, 3.63) is 33.9 Å². The zero-order valence-corrected chi connectivity index (χ0v) is 7.69. The molecule has 1 aromatic carbocycles. The molecule has 0 unspecified atom stereocenters. The molecule has 0 aliphatic heterocycles. The lowest BCUT2D eigenvalue weighted by atomic mass is 10.2. The van der Waals surface area contributed by atoms with Gasteiger partial charge in [0, 0.05) is 6.07 Å². The van der Waals surface area contributed by atoms with Crippen molar-refractivity contribution in [2.24, 2.45) is 0 Å². The van der Waals surface area contributed by atoms with Crippen molar-refractivity contribution >= 4 is 5.69 Å². The molecule has 0 amide bonds. The van der Waals surface area contributed by atoms with Crippen LogP contribution in [0.3, 0.4) is 0 Å². The first-order chi connectivity index (χ1) is 6.66. The molecule has 0 fully saturated rings. The van der Waals surface area contributed by atoms with E-state index in [1.54, 1.807) is 19.1 Å². The predicted octanol–water partition coefficient (Wildman–Crippen LogP) is 1.92. The Labute approximate surface area is 81.7 Å². The van der Waals surface area contributed by atoms with E-state index in [-0.39, 0.29) is 18.0 Å². The predicted molar refractivity (Wildman–Crippen MR) is 52.2 cm³/mol. The van der Waals surface area contributed by atoms with Gasteiger partial charge < -0.3 is 4.74 Å². The van der Waals surface area contributed by atoms with Crippen molar-refractivity contribution in [1.29, 1.82) is 0 Å². The maximum Gasteiger partial charge on any atom is 0.311 e. The highest BCUT2D eigenvalue weighted by atomic mass is 16.6. The molecule has 0 aliphatic rings. The number of hydrogen-bond acceptors (Lipinski definition) is 3. The molecule has 0 aromatic heterocycles. The molecule has 14 heavy (non-hydrogen) atoms. The minimum atomic E-state index is -0.487. The molecule has 4 nitrogen and oxygen atoms in total. The van der Waals surface area contributed by atoms with E-state index in [1.807, 2.05) is 0 Å². The third-order valence-electron chi connectivity index (χ3n) is 1.69. The van der Waals surface area contributed by atoms with E-state index in [0.717, 1.165) is 0 Å². The smallest absolute Gasteiger partial charge is 0.311 e. The second-order valence-corrected chi connectivity index (χ2v) is 2.67. The summed E-state index contributed by atoms with van der Waals surface area (Å²) < 4.78 is 5.10. The van der Waals surface area contributed by atoms with Gasteiger partial charge in [-0.15, -0.1) is 6.42 Å². The second-order valence-electron chi connectivity index (χ2n) is 2.67. The summed E-state index contributed by atoms with van der Waals surface area (Å²) in [5.74, 6) is 2.51. The Hall–Kier alpha value is -2.02. The lowest BCUT2D eigenvalue weighted by Gasteiger charge is -2.05. The van der Waals surface area contributed by atoms with Crippen LogP contribution < -0.4 is 4.74 Å². The topological polar surface area (TPSA) is 52.4 Å². The first-order valence-electron chi connectivity index (χ1n) is 3.97. The Morgan fingerprint density at radius 1 is 1.64 bits per heavy atom. The van der Waals surface area contributed by atoms with Crippen LogP contribution in [0.2, 0.25) is 0 Å². The van der Waals surface area contributed by atoms with E-state index in [2.05, 4.69) is 5.92 Å². The van der Waals surface area contributed by atoms with Crippen LogP contribution in [0.25, 0.3) is 0 Å². The maximum absolute atomic E-state index is 10.6. The van der Waals surface area contributed by atoms with Crippen LogP contribution in [0, 0.1) is 29.4 Å². The molecule has 0 N–H and O–H groups in total. The van der Waals surface area contributed by atoms with Gasteiger partial charge in [-0.05, 0) is 12.5 Å². The molecule has 0 atom stereocenters. The molecule has 0 spiro atoms. The number of benzene rings is 1. The number of rotatable bonds is 3. The van der Waals surface area contributed by atoms with E-state index in [1.165, 1.54) is 6.07 Å². The average Bonchev–Trinajstić information content (AvgIpc) is 2.15. The Morgan fingerprint density at radius 2 is 2.36 bits per heavy atom. The van der Waals surface area contributed by atoms with Gasteiger partial charge in [0.15, 0.2) is 0 Å². The zero-order chi connectivity index (χ0) is 10.6. The van der Waals surface area contributed by atoms with Gasteiger partial charge in [0.25, 0.3) is 0 Å². The molecular formula is C10H9NO3. The summed E-state index contributed by atoms with van der Waals surface area (Å²) in [7, 11) is 0. The third kappa shape index (κ3) is 2.02. The normalized spacial score (nSPS) is 9.14. The van der Waals surface area contributed by atoms with Crippen molar-refractivity contribution in [2.45, 2.75) is 6.92 Å². The lowest BCUT2D eigenvalue weighted by Crippen LogP contribution is -2.00. The minimum Gasteiger partial charge on any atom is -0.474 e. The fourth-order valence-electron chi connectivity index (χ4n) is 1.08. The fourth-order valence-corrected chi connectivity index (χ4v) is 1.08. The molecular weight excluding hydrogens is 182 g/mol. The fraction of sp³-hybridized carbons (Fsp3) is 0.200. The molecule has 0 aliphatic carbocycles. The summed E-state index contributed by atoms with van der Waals surface area (Å²) in [6.45, 7) is 1.77. The molecule has 0 bridgehead atoms. The highest BCUT2D eigenvalue weighted by Crippen LogP contribution is 2.29. The maximum atomic E-state index is 10.6. The quantitative estimate of drug-likeness (QED) is 0.416. The van der Waals surface area contributed by atoms with Crippen LogP contribution in [0.4, 0.5) is 5.69 Å². The number of ether oxygens (including phenoxy) is 1. The van der Waals surface area contributed by atoms with Gasteiger partial charge in [-0.1, -0.05) is 18.1 Å². The summed E-state index contributed by atoms with van der Waals surface area (Å²) in [4.78, 5) is 10.1. The van der Waals surface area contributed by atoms with Crippen molar-refractivity contribution in [3.63, 3.8) is 0 Å². The summed E-state index contributed by atoms with van der Waals surface area (Å²) in [6.07, 6.45) is 5.01. The molecule has 1 aromatic rings. The summed E-state index contributed by atoms with van der Waals surface area (Å²) in [5, 5.41) is 10.6. The Kier molecular flexibility index (Phi) is 3.08. The number of terminal acetylenes is 1. The molecule has 0 saturated heterocycles. The van der Waals surface area contributed by atoms with Crippen molar-refractivity contribution < 1.29 is 9.66 Å². The number of nitro groups is 1. The molecule has 72 valence electrons. The largest absolute Gasteiger partial charge is 0.474 e. The van der Waals surface area contributed by atoms with E-state index in [0.29, 0.717) is 5.56 Å². The lowest BCUT2D eigenvalue weighted by molar-refractivity contribution is -0.385. The third-order valence-corrected chi connectivity index (χ3v) is 1.69. The molecule has 4 heteroatoms. The summed E-state index contributed by atoms with van der Waals surface area (Å²) in [6, 6.07) is 4.73. The summed E-state index contributed by atoms with van der Waals surface area (Å²) in [5.41, 5.74) is 0.648. The van der Waals surface area contributed by atoms with E-state index in [4.69, 9.17) is 11.2 Å². The SMILES string of the molecule is C#CCOc1c(C)cccc1[N+](=O)[O-]. The van der Waals surface area contributed by atoms with Crippen LogP contribution in [0.1, 0.15) is 5.56 Å². The van der Waals surface area contributed by atoms with Gasteiger partial charge in [-0.25, -0.2) is 0 Å².